The van der Waals surface area contributed by atoms with E-state index in [0.717, 1.165) is 17.3 Å². The van der Waals surface area contributed by atoms with E-state index in [9.17, 15) is 0 Å². The molecule has 1 aliphatic carbocycles. The largest absolute Gasteiger partial charge is 0.399 e. The van der Waals surface area contributed by atoms with Crippen molar-refractivity contribution in [2.75, 3.05) is 11.5 Å². The number of hydrogen-bond acceptors (Lipinski definition) is 2. The van der Waals surface area contributed by atoms with Crippen LogP contribution in [0.15, 0.2) is 60.7 Å². The lowest BCUT2D eigenvalue weighted by Gasteiger charge is -2.27. The lowest BCUT2D eigenvalue weighted by molar-refractivity contribution is 0.443. The average molecular weight is 385 g/mol. The van der Waals surface area contributed by atoms with Crippen LogP contribution in [0.2, 0.25) is 0 Å². The smallest absolute Gasteiger partial charge is 0.0345 e. The molecule has 0 bridgehead atoms. The molecule has 2 heteroatoms. The van der Waals surface area contributed by atoms with E-state index in [4.69, 9.17) is 11.5 Å². The van der Waals surface area contributed by atoms with Crippen LogP contribution in [0.4, 0.5) is 11.4 Å². The van der Waals surface area contributed by atoms with Crippen molar-refractivity contribution in [2.45, 2.75) is 57.8 Å². The van der Waals surface area contributed by atoms with Gasteiger partial charge in [0.05, 0.1) is 0 Å². The van der Waals surface area contributed by atoms with Crippen LogP contribution >= 0.6 is 0 Å². The highest BCUT2D eigenvalue weighted by Gasteiger charge is 2.23. The van der Waals surface area contributed by atoms with Crippen molar-refractivity contribution in [3.8, 4) is 0 Å². The predicted octanol–water partition coefficient (Wildman–Crippen LogP) is 6.70. The summed E-state index contributed by atoms with van der Waals surface area (Å²) in [4.78, 5) is 0. The predicted molar refractivity (Wildman–Crippen MR) is 124 cm³/mol. The Hall–Kier alpha value is -2.74. The zero-order valence-electron chi connectivity index (χ0n) is 17.6. The van der Waals surface area contributed by atoms with Crippen molar-refractivity contribution in [1.29, 1.82) is 0 Å². The van der Waals surface area contributed by atoms with Crippen molar-refractivity contribution < 1.29 is 0 Å². The monoisotopic (exact) mass is 384 g/mol. The minimum Gasteiger partial charge on any atom is -0.399 e. The molecule has 0 aliphatic heterocycles. The zero-order chi connectivity index (χ0) is 20.4. The van der Waals surface area contributed by atoms with Crippen molar-refractivity contribution in [2.24, 2.45) is 0 Å². The molecule has 3 aromatic rings. The summed E-state index contributed by atoms with van der Waals surface area (Å²) in [6.45, 7) is 4.55. The Bertz CT molecular complexity index is 896. The van der Waals surface area contributed by atoms with Gasteiger partial charge in [-0.2, -0.15) is 0 Å². The standard InChI is InChI=1S/C27H32N2/c1-18-16-23(20-6-4-3-5-7-20)17-19(2)26(18)27(21-8-12-24(28)13-9-21)22-10-14-25(29)15-11-22/h8-17,20,27H,3-7,28-29H2,1-2H3. The molecule has 0 radical (unpaired) electrons. The fourth-order valence-electron chi connectivity index (χ4n) is 5.04. The Morgan fingerprint density at radius 2 is 1.14 bits per heavy atom. The molecule has 4 N–H and O–H groups in total. The van der Waals surface area contributed by atoms with Crippen molar-refractivity contribution in [3.63, 3.8) is 0 Å². The maximum absolute atomic E-state index is 5.97. The van der Waals surface area contributed by atoms with E-state index in [-0.39, 0.29) is 5.92 Å². The first-order valence-electron chi connectivity index (χ1n) is 10.8. The van der Waals surface area contributed by atoms with Gasteiger partial charge in [0, 0.05) is 17.3 Å². The van der Waals surface area contributed by atoms with Crippen LogP contribution in [0.5, 0.6) is 0 Å². The maximum atomic E-state index is 5.97. The van der Waals surface area contributed by atoms with E-state index in [2.05, 4.69) is 50.2 Å². The first kappa shape index (κ1) is 19.6. The first-order chi connectivity index (χ1) is 14.0. The normalized spacial score (nSPS) is 15.0. The zero-order valence-corrected chi connectivity index (χ0v) is 17.6. The van der Waals surface area contributed by atoms with Crippen LogP contribution in [0.25, 0.3) is 0 Å². The molecular formula is C27H32N2. The van der Waals surface area contributed by atoms with Gasteiger partial charge in [-0.15, -0.1) is 0 Å². The highest BCUT2D eigenvalue weighted by atomic mass is 14.5. The summed E-state index contributed by atoms with van der Waals surface area (Å²) < 4.78 is 0. The van der Waals surface area contributed by atoms with Gasteiger partial charge in [0.2, 0.25) is 0 Å². The molecule has 0 spiro atoms. The maximum Gasteiger partial charge on any atom is 0.0345 e. The molecule has 0 atom stereocenters. The molecule has 1 fully saturated rings. The van der Waals surface area contributed by atoms with Gasteiger partial charge in [-0.05, 0) is 90.3 Å². The Morgan fingerprint density at radius 3 is 1.59 bits per heavy atom. The van der Waals surface area contributed by atoms with Crippen LogP contribution in [0.3, 0.4) is 0 Å². The number of aryl methyl sites for hydroxylation is 2. The van der Waals surface area contributed by atoms with E-state index in [1.807, 2.05) is 24.3 Å². The summed E-state index contributed by atoms with van der Waals surface area (Å²) >= 11 is 0. The van der Waals surface area contributed by atoms with Gasteiger partial charge in [-0.25, -0.2) is 0 Å². The van der Waals surface area contributed by atoms with E-state index in [1.54, 1.807) is 0 Å². The quantitative estimate of drug-likeness (QED) is 0.388. The molecule has 0 heterocycles. The lowest BCUT2D eigenvalue weighted by Crippen LogP contribution is -2.11. The molecule has 0 aromatic heterocycles. The average Bonchev–Trinajstić information content (AvgIpc) is 2.73. The van der Waals surface area contributed by atoms with Gasteiger partial charge >= 0.3 is 0 Å². The molecule has 2 nitrogen and oxygen atoms in total. The lowest BCUT2D eigenvalue weighted by atomic mass is 9.77. The molecule has 0 amide bonds. The summed E-state index contributed by atoms with van der Waals surface area (Å²) in [7, 11) is 0. The fourth-order valence-corrected chi connectivity index (χ4v) is 5.04. The highest BCUT2D eigenvalue weighted by molar-refractivity contribution is 5.54. The summed E-state index contributed by atoms with van der Waals surface area (Å²) in [5.74, 6) is 0.901. The van der Waals surface area contributed by atoms with E-state index < -0.39 is 0 Å². The number of nitrogen functional groups attached to an aromatic ring is 2. The van der Waals surface area contributed by atoms with Crippen LogP contribution in [0, 0.1) is 13.8 Å². The van der Waals surface area contributed by atoms with E-state index >= 15 is 0 Å². The minimum atomic E-state index is 0.177. The third-order valence-corrected chi connectivity index (χ3v) is 6.52. The Kier molecular flexibility index (Phi) is 5.62. The molecule has 4 rings (SSSR count). The molecule has 1 saturated carbocycles. The molecular weight excluding hydrogens is 352 g/mol. The topological polar surface area (TPSA) is 52.0 Å². The second-order valence-electron chi connectivity index (χ2n) is 8.67. The van der Waals surface area contributed by atoms with Crippen LogP contribution in [-0.4, -0.2) is 0 Å². The number of nitrogens with two attached hydrogens (primary N) is 2. The summed E-state index contributed by atoms with van der Waals surface area (Å²) in [5, 5.41) is 0. The Balaban J connectivity index is 1.81. The summed E-state index contributed by atoms with van der Waals surface area (Å²) in [6.07, 6.45) is 6.78. The highest BCUT2D eigenvalue weighted by Crippen LogP contribution is 2.40. The van der Waals surface area contributed by atoms with Crippen LogP contribution in [0.1, 0.15) is 77.3 Å². The SMILES string of the molecule is Cc1cc(C2CCCCC2)cc(C)c1C(c1ccc(N)cc1)c1ccc(N)cc1. The van der Waals surface area contributed by atoms with Crippen LogP contribution < -0.4 is 11.5 Å². The second-order valence-corrected chi connectivity index (χ2v) is 8.67. The fraction of sp³-hybridized carbons (Fsp3) is 0.333. The molecule has 150 valence electrons. The van der Waals surface area contributed by atoms with Gasteiger partial charge in [0.25, 0.3) is 0 Å². The van der Waals surface area contributed by atoms with Crippen molar-refractivity contribution in [1.82, 2.24) is 0 Å². The van der Waals surface area contributed by atoms with Gasteiger partial charge < -0.3 is 11.5 Å². The van der Waals surface area contributed by atoms with Gasteiger partial charge in [-0.3, -0.25) is 0 Å². The Morgan fingerprint density at radius 1 is 0.690 bits per heavy atom. The van der Waals surface area contributed by atoms with Crippen molar-refractivity contribution >= 4 is 11.4 Å². The number of anilines is 2. The van der Waals surface area contributed by atoms with Gasteiger partial charge in [0.15, 0.2) is 0 Å². The van der Waals surface area contributed by atoms with Crippen LogP contribution in [-0.2, 0) is 0 Å². The first-order valence-corrected chi connectivity index (χ1v) is 10.8. The van der Waals surface area contributed by atoms with Crippen molar-refractivity contribution in [3.05, 3.63) is 94.0 Å². The third-order valence-electron chi connectivity index (χ3n) is 6.52. The van der Waals surface area contributed by atoms with E-state index in [1.165, 1.54) is 65.5 Å². The molecule has 0 saturated heterocycles. The third kappa shape index (κ3) is 4.17. The summed E-state index contributed by atoms with van der Waals surface area (Å²) in [6, 6.07) is 21.5. The number of hydrogen-bond donors (Lipinski definition) is 2. The molecule has 3 aromatic carbocycles. The number of rotatable bonds is 4. The molecule has 1 aliphatic rings. The molecule has 0 unspecified atom stereocenters. The molecule has 29 heavy (non-hydrogen) atoms. The summed E-state index contributed by atoms with van der Waals surface area (Å²) in [5.41, 5.74) is 21.7. The van der Waals surface area contributed by atoms with E-state index in [0.29, 0.717) is 0 Å². The number of benzene rings is 3. The Labute approximate surface area is 175 Å². The minimum absolute atomic E-state index is 0.177. The van der Waals surface area contributed by atoms with Gasteiger partial charge in [-0.1, -0.05) is 55.7 Å². The van der Waals surface area contributed by atoms with Gasteiger partial charge in [0.1, 0.15) is 0 Å². The second kappa shape index (κ2) is 8.32.